The zero-order valence-corrected chi connectivity index (χ0v) is 15.8. The van der Waals surface area contributed by atoms with Crippen LogP contribution in [0.4, 0.5) is 0 Å². The van der Waals surface area contributed by atoms with Crippen LogP contribution in [0.1, 0.15) is 42.6 Å². The lowest BCUT2D eigenvalue weighted by atomic mass is 10.1. The van der Waals surface area contributed by atoms with E-state index >= 15 is 0 Å². The Morgan fingerprint density at radius 2 is 2.19 bits per heavy atom. The molecule has 1 fully saturated rings. The van der Waals surface area contributed by atoms with Gasteiger partial charge in [0.25, 0.3) is 0 Å². The third-order valence-corrected chi connectivity index (χ3v) is 5.34. The molecule has 2 aromatic rings. The van der Waals surface area contributed by atoms with Crippen molar-refractivity contribution < 1.29 is 9.15 Å². The number of furan rings is 1. The van der Waals surface area contributed by atoms with Crippen molar-refractivity contribution in [3.8, 4) is 0 Å². The minimum absolute atomic E-state index is 0.416. The maximum absolute atomic E-state index is 5.94. The van der Waals surface area contributed by atoms with E-state index in [9.17, 15) is 0 Å². The van der Waals surface area contributed by atoms with E-state index < -0.39 is 0 Å². The Bertz CT molecular complexity index is 676. The Kier molecular flexibility index (Phi) is 5.72. The van der Waals surface area contributed by atoms with E-state index in [2.05, 4.69) is 27.6 Å². The Morgan fingerprint density at radius 3 is 3.00 bits per heavy atom. The van der Waals surface area contributed by atoms with Crippen LogP contribution in [0.15, 0.2) is 29.1 Å². The summed E-state index contributed by atoms with van der Waals surface area (Å²) in [6.45, 7) is 6.87. The summed E-state index contributed by atoms with van der Waals surface area (Å²) in [4.78, 5) is 4.83. The maximum Gasteiger partial charge on any atom is 0.0947 e. The van der Waals surface area contributed by atoms with Crippen LogP contribution in [0.25, 0.3) is 0 Å². The largest absolute Gasteiger partial charge is 0.472 e. The van der Waals surface area contributed by atoms with Crippen LogP contribution < -0.4 is 0 Å². The van der Waals surface area contributed by atoms with E-state index in [1.807, 2.05) is 12.3 Å². The lowest BCUT2D eigenvalue weighted by molar-refractivity contribution is -0.00689. The molecule has 4 rings (SSSR count). The van der Waals surface area contributed by atoms with Gasteiger partial charge in [-0.1, -0.05) is 0 Å². The van der Waals surface area contributed by atoms with Gasteiger partial charge in [-0.15, -0.1) is 0 Å². The van der Waals surface area contributed by atoms with Crippen molar-refractivity contribution in [3.63, 3.8) is 0 Å². The molecule has 0 saturated carbocycles. The summed E-state index contributed by atoms with van der Waals surface area (Å²) in [7, 11) is 2.13. The van der Waals surface area contributed by atoms with E-state index in [4.69, 9.17) is 14.3 Å². The van der Waals surface area contributed by atoms with Gasteiger partial charge in [0.1, 0.15) is 0 Å². The first-order chi connectivity index (χ1) is 12.8. The minimum atomic E-state index is 0.416. The lowest BCUT2D eigenvalue weighted by Crippen LogP contribution is -2.35. The van der Waals surface area contributed by atoms with Crippen LogP contribution in [0.3, 0.4) is 0 Å². The monoisotopic (exact) mass is 358 g/mol. The number of aryl methyl sites for hydroxylation is 1. The number of hydrogen-bond acceptors (Lipinski definition) is 5. The zero-order valence-electron chi connectivity index (χ0n) is 15.8. The highest BCUT2D eigenvalue weighted by Crippen LogP contribution is 2.19. The van der Waals surface area contributed by atoms with Crippen molar-refractivity contribution in [1.82, 2.24) is 19.6 Å². The smallest absolute Gasteiger partial charge is 0.0947 e. The summed E-state index contributed by atoms with van der Waals surface area (Å²) in [5.41, 5.74) is 3.69. The molecule has 2 aliphatic heterocycles. The molecule has 2 aliphatic rings. The van der Waals surface area contributed by atoms with Gasteiger partial charge in [0.2, 0.25) is 0 Å². The van der Waals surface area contributed by atoms with E-state index in [-0.39, 0.29) is 0 Å². The molecular formula is C20H30N4O2. The van der Waals surface area contributed by atoms with Crippen LogP contribution in [0.5, 0.6) is 0 Å². The van der Waals surface area contributed by atoms with Crippen molar-refractivity contribution in [2.24, 2.45) is 0 Å². The first-order valence-corrected chi connectivity index (χ1v) is 9.85. The highest BCUT2D eigenvalue weighted by molar-refractivity contribution is 5.12. The van der Waals surface area contributed by atoms with Crippen molar-refractivity contribution in [1.29, 1.82) is 0 Å². The molecule has 0 bridgehead atoms. The summed E-state index contributed by atoms with van der Waals surface area (Å²) in [5, 5.41) is 4.85. The molecule has 142 valence electrons. The van der Waals surface area contributed by atoms with Gasteiger partial charge in [-0.2, -0.15) is 5.10 Å². The number of ether oxygens (including phenoxy) is 1. The SMILES string of the molecule is CN(Cc1ccoc1)Cc1cc2n(n1)CCCN(CC1CCCCO1)C2. The van der Waals surface area contributed by atoms with Gasteiger partial charge in [-0.25, -0.2) is 0 Å². The van der Waals surface area contributed by atoms with Crippen LogP contribution in [0.2, 0.25) is 0 Å². The number of nitrogens with zero attached hydrogens (tertiary/aromatic N) is 4. The molecule has 0 amide bonds. The van der Waals surface area contributed by atoms with Gasteiger partial charge < -0.3 is 9.15 Å². The average molecular weight is 358 g/mol. The van der Waals surface area contributed by atoms with Crippen LogP contribution in [0, 0.1) is 0 Å². The number of fused-ring (bicyclic) bond motifs is 1. The average Bonchev–Trinajstić information content (AvgIpc) is 3.22. The fourth-order valence-electron chi connectivity index (χ4n) is 4.09. The van der Waals surface area contributed by atoms with Crippen LogP contribution in [-0.4, -0.2) is 52.4 Å². The third-order valence-electron chi connectivity index (χ3n) is 5.34. The van der Waals surface area contributed by atoms with E-state index in [0.29, 0.717) is 6.10 Å². The molecule has 1 unspecified atom stereocenters. The van der Waals surface area contributed by atoms with Crippen LogP contribution in [-0.2, 0) is 30.9 Å². The first-order valence-electron chi connectivity index (χ1n) is 9.85. The van der Waals surface area contributed by atoms with Gasteiger partial charge in [0, 0.05) is 51.4 Å². The highest BCUT2D eigenvalue weighted by atomic mass is 16.5. The van der Waals surface area contributed by atoms with Crippen molar-refractivity contribution in [2.45, 2.75) is 58.0 Å². The Morgan fingerprint density at radius 1 is 1.23 bits per heavy atom. The Balaban J connectivity index is 1.35. The van der Waals surface area contributed by atoms with E-state index in [1.165, 1.54) is 30.5 Å². The van der Waals surface area contributed by atoms with Gasteiger partial charge in [-0.3, -0.25) is 14.5 Å². The molecule has 26 heavy (non-hydrogen) atoms. The van der Waals surface area contributed by atoms with E-state index in [0.717, 1.165) is 58.0 Å². The molecule has 0 spiro atoms. The second-order valence-corrected chi connectivity index (χ2v) is 7.73. The molecule has 0 radical (unpaired) electrons. The predicted molar refractivity (Wildman–Crippen MR) is 99.6 cm³/mol. The second kappa shape index (κ2) is 8.37. The summed E-state index contributed by atoms with van der Waals surface area (Å²) < 4.78 is 13.3. The molecule has 2 aromatic heterocycles. The molecular weight excluding hydrogens is 328 g/mol. The summed E-state index contributed by atoms with van der Waals surface area (Å²) >= 11 is 0. The highest BCUT2D eigenvalue weighted by Gasteiger charge is 2.22. The fraction of sp³-hybridized carbons (Fsp3) is 0.650. The third kappa shape index (κ3) is 4.55. The number of rotatable bonds is 6. The topological polar surface area (TPSA) is 46.7 Å². The van der Waals surface area contributed by atoms with Crippen molar-refractivity contribution >= 4 is 0 Å². The minimum Gasteiger partial charge on any atom is -0.472 e. The molecule has 1 saturated heterocycles. The Labute approximate surface area is 155 Å². The van der Waals surface area contributed by atoms with Gasteiger partial charge in [-0.05, 0) is 44.9 Å². The fourth-order valence-corrected chi connectivity index (χ4v) is 4.09. The Hall–Kier alpha value is -1.63. The van der Waals surface area contributed by atoms with Gasteiger partial charge in [0.05, 0.1) is 30.0 Å². The van der Waals surface area contributed by atoms with E-state index in [1.54, 1.807) is 6.26 Å². The molecule has 0 aromatic carbocycles. The lowest BCUT2D eigenvalue weighted by Gasteiger charge is -2.28. The molecule has 1 atom stereocenters. The van der Waals surface area contributed by atoms with Gasteiger partial charge >= 0.3 is 0 Å². The predicted octanol–water partition coefficient (Wildman–Crippen LogP) is 2.88. The van der Waals surface area contributed by atoms with Crippen molar-refractivity contribution in [3.05, 3.63) is 41.6 Å². The molecule has 4 heterocycles. The summed E-state index contributed by atoms with van der Waals surface area (Å²) in [6, 6.07) is 4.30. The number of aromatic nitrogens is 2. The molecule has 6 nitrogen and oxygen atoms in total. The number of hydrogen-bond donors (Lipinski definition) is 0. The summed E-state index contributed by atoms with van der Waals surface area (Å²) in [5.74, 6) is 0. The normalized spacial score (nSPS) is 21.7. The van der Waals surface area contributed by atoms with Gasteiger partial charge in [0.15, 0.2) is 0 Å². The van der Waals surface area contributed by atoms with Crippen molar-refractivity contribution in [2.75, 3.05) is 26.7 Å². The summed E-state index contributed by atoms with van der Waals surface area (Å²) in [6.07, 6.45) is 8.85. The maximum atomic E-state index is 5.94. The standard InChI is InChI=1S/C20H30N4O2/c1-22(12-17-6-10-25-16-17)13-18-11-19-14-23(7-4-8-24(19)21-18)15-20-5-2-3-9-26-20/h6,10-11,16,20H,2-5,7-9,12-15H2,1H3. The quantitative estimate of drug-likeness (QED) is 0.795. The zero-order chi connectivity index (χ0) is 17.8. The first kappa shape index (κ1) is 17.8. The van der Waals surface area contributed by atoms with Crippen LogP contribution >= 0.6 is 0 Å². The second-order valence-electron chi connectivity index (χ2n) is 7.73. The molecule has 0 aliphatic carbocycles. The molecule has 6 heteroatoms. The molecule has 0 N–H and O–H groups in total.